The molecule has 5 atom stereocenters. The van der Waals surface area contributed by atoms with E-state index in [0.29, 0.717) is 26.4 Å². The van der Waals surface area contributed by atoms with E-state index in [4.69, 9.17) is 29.4 Å². The molecule has 0 aromatic heterocycles. The first-order chi connectivity index (χ1) is 19.8. The van der Waals surface area contributed by atoms with Crippen LogP contribution in [0.25, 0.3) is 0 Å². The van der Waals surface area contributed by atoms with Gasteiger partial charge < -0.3 is 29.4 Å². The highest BCUT2D eigenvalue weighted by atomic mass is 16.7. The molecule has 0 spiro atoms. The molecule has 40 heavy (non-hydrogen) atoms. The average Bonchev–Trinajstić information content (AvgIpc) is 3.03. The van der Waals surface area contributed by atoms with Crippen LogP contribution in [0, 0.1) is 0 Å². The summed E-state index contributed by atoms with van der Waals surface area (Å²) in [6.45, 7) is 1.79. The minimum Gasteiger partial charge on any atom is -0.368 e. The summed E-state index contributed by atoms with van der Waals surface area (Å²) in [7, 11) is 0. The van der Waals surface area contributed by atoms with Gasteiger partial charge in [0, 0.05) is 6.54 Å². The molecular weight excluding hydrogens is 502 g/mol. The first-order valence-corrected chi connectivity index (χ1v) is 13.8. The molecule has 2 N–H and O–H groups in total. The van der Waals surface area contributed by atoms with E-state index in [1.165, 1.54) is 0 Å². The van der Waals surface area contributed by atoms with Crippen molar-refractivity contribution in [3.05, 3.63) is 144 Å². The lowest BCUT2D eigenvalue weighted by Crippen LogP contribution is -2.62. The maximum Gasteiger partial charge on any atom is 0.187 e. The minimum absolute atomic E-state index is 0.251. The van der Waals surface area contributed by atoms with Crippen molar-refractivity contribution in [3.63, 3.8) is 0 Å². The van der Waals surface area contributed by atoms with Gasteiger partial charge in [-0.3, -0.25) is 0 Å². The van der Waals surface area contributed by atoms with Crippen LogP contribution in [0.5, 0.6) is 0 Å². The van der Waals surface area contributed by atoms with Gasteiger partial charge in [0.05, 0.1) is 26.4 Å². The Hall–Kier alpha value is -3.36. The van der Waals surface area contributed by atoms with E-state index in [2.05, 4.69) is 0 Å². The summed E-state index contributed by atoms with van der Waals surface area (Å²) in [4.78, 5) is 0. The Labute approximate surface area is 236 Å². The fourth-order valence-corrected chi connectivity index (χ4v) is 4.82. The van der Waals surface area contributed by atoms with Gasteiger partial charge in [0.25, 0.3) is 0 Å². The van der Waals surface area contributed by atoms with E-state index < -0.39 is 30.7 Å². The molecule has 1 saturated heterocycles. The van der Waals surface area contributed by atoms with E-state index >= 15 is 0 Å². The molecule has 0 saturated carbocycles. The SMILES string of the molecule is NC[C@H]1O[C@H](OCc2ccccc2)[C@@H](OCc2ccccc2)[C@@H](OCc2ccccc2)[C@@H]1OCc1ccccc1. The molecule has 4 aromatic rings. The zero-order chi connectivity index (χ0) is 27.4. The van der Waals surface area contributed by atoms with E-state index in [1.807, 2.05) is 121 Å². The van der Waals surface area contributed by atoms with E-state index in [9.17, 15) is 0 Å². The molecule has 0 unspecified atom stereocenters. The highest BCUT2D eigenvalue weighted by Gasteiger charge is 2.48. The first kappa shape index (κ1) is 28.2. The van der Waals surface area contributed by atoms with Gasteiger partial charge in [0.1, 0.15) is 24.4 Å². The number of nitrogens with two attached hydrogens (primary N) is 1. The van der Waals surface area contributed by atoms with Crippen molar-refractivity contribution in [2.45, 2.75) is 57.1 Å². The Bertz CT molecular complexity index is 1240. The highest BCUT2D eigenvalue weighted by Crippen LogP contribution is 2.31. The Morgan fingerprint density at radius 3 is 1.20 bits per heavy atom. The monoisotopic (exact) mass is 539 g/mol. The average molecular weight is 540 g/mol. The van der Waals surface area contributed by atoms with Crippen LogP contribution in [-0.4, -0.2) is 37.3 Å². The summed E-state index contributed by atoms with van der Waals surface area (Å²) in [5, 5.41) is 0. The van der Waals surface area contributed by atoms with Crippen LogP contribution in [0.3, 0.4) is 0 Å². The Morgan fingerprint density at radius 2 is 0.800 bits per heavy atom. The summed E-state index contributed by atoms with van der Waals surface area (Å²) < 4.78 is 32.5. The Morgan fingerprint density at radius 1 is 0.450 bits per heavy atom. The van der Waals surface area contributed by atoms with Crippen molar-refractivity contribution in [2.24, 2.45) is 5.73 Å². The van der Waals surface area contributed by atoms with Crippen molar-refractivity contribution in [1.29, 1.82) is 0 Å². The number of benzene rings is 4. The van der Waals surface area contributed by atoms with Crippen molar-refractivity contribution in [3.8, 4) is 0 Å². The third-order valence-corrected chi connectivity index (χ3v) is 6.94. The van der Waals surface area contributed by atoms with Crippen molar-refractivity contribution < 1.29 is 23.7 Å². The molecular formula is C34H37NO5. The van der Waals surface area contributed by atoms with Gasteiger partial charge in [0.15, 0.2) is 6.29 Å². The van der Waals surface area contributed by atoms with Crippen LogP contribution in [0.2, 0.25) is 0 Å². The topological polar surface area (TPSA) is 72.2 Å². The molecule has 0 radical (unpaired) electrons. The van der Waals surface area contributed by atoms with Crippen molar-refractivity contribution >= 4 is 0 Å². The largest absolute Gasteiger partial charge is 0.368 e. The maximum atomic E-state index is 6.62. The maximum absolute atomic E-state index is 6.62. The minimum atomic E-state index is -0.699. The molecule has 1 heterocycles. The van der Waals surface area contributed by atoms with Gasteiger partial charge in [-0.2, -0.15) is 0 Å². The fraction of sp³-hybridized carbons (Fsp3) is 0.294. The molecule has 208 valence electrons. The smallest absolute Gasteiger partial charge is 0.187 e. The van der Waals surface area contributed by atoms with Gasteiger partial charge in [-0.15, -0.1) is 0 Å². The van der Waals surface area contributed by atoms with Crippen molar-refractivity contribution in [1.82, 2.24) is 0 Å². The normalized spacial score (nSPS) is 22.7. The lowest BCUT2D eigenvalue weighted by Gasteiger charge is -2.45. The summed E-state index contributed by atoms with van der Waals surface area (Å²) in [6, 6.07) is 40.2. The molecule has 6 heteroatoms. The second kappa shape index (κ2) is 14.9. The predicted octanol–water partition coefficient (Wildman–Crippen LogP) is 5.64. The number of rotatable bonds is 13. The van der Waals surface area contributed by atoms with Gasteiger partial charge in [-0.1, -0.05) is 121 Å². The summed E-state index contributed by atoms with van der Waals surface area (Å²) in [5.74, 6) is 0. The number of hydrogen-bond donors (Lipinski definition) is 1. The molecule has 4 aromatic carbocycles. The van der Waals surface area contributed by atoms with Crippen LogP contribution in [0.15, 0.2) is 121 Å². The zero-order valence-electron chi connectivity index (χ0n) is 22.6. The van der Waals surface area contributed by atoms with Gasteiger partial charge in [-0.05, 0) is 22.3 Å². The second-order valence-corrected chi connectivity index (χ2v) is 9.86. The Balaban J connectivity index is 1.41. The first-order valence-electron chi connectivity index (χ1n) is 13.8. The van der Waals surface area contributed by atoms with E-state index in [-0.39, 0.29) is 6.54 Å². The lowest BCUT2D eigenvalue weighted by molar-refractivity contribution is -0.323. The standard InChI is InChI=1S/C34H37NO5/c35-21-30-31(36-22-26-13-5-1-6-14-26)32(37-23-27-15-7-2-8-16-27)33(38-24-28-17-9-3-10-18-28)34(40-30)39-25-29-19-11-4-12-20-29/h1-20,30-34H,21-25,35H2/t30-,31-,32+,33+,34+/m1/s1. The quantitative estimate of drug-likeness (QED) is 0.237. The van der Waals surface area contributed by atoms with Crippen LogP contribution in [0.1, 0.15) is 22.3 Å². The zero-order valence-corrected chi connectivity index (χ0v) is 22.6. The van der Waals surface area contributed by atoms with Crippen LogP contribution in [-0.2, 0) is 50.1 Å². The molecule has 0 bridgehead atoms. The number of hydrogen-bond acceptors (Lipinski definition) is 6. The van der Waals surface area contributed by atoms with E-state index in [0.717, 1.165) is 22.3 Å². The Kier molecular flexibility index (Phi) is 10.5. The summed E-state index contributed by atoms with van der Waals surface area (Å²) >= 11 is 0. The molecule has 1 aliphatic heterocycles. The molecule has 5 rings (SSSR count). The number of ether oxygens (including phenoxy) is 5. The predicted molar refractivity (Wildman–Crippen MR) is 154 cm³/mol. The molecule has 1 aliphatic rings. The molecule has 0 amide bonds. The molecule has 1 fully saturated rings. The van der Waals surface area contributed by atoms with Crippen LogP contribution in [0.4, 0.5) is 0 Å². The third kappa shape index (κ3) is 7.86. The highest BCUT2D eigenvalue weighted by molar-refractivity contribution is 5.16. The van der Waals surface area contributed by atoms with E-state index in [1.54, 1.807) is 0 Å². The van der Waals surface area contributed by atoms with Crippen LogP contribution < -0.4 is 5.73 Å². The third-order valence-electron chi connectivity index (χ3n) is 6.94. The lowest BCUT2D eigenvalue weighted by atomic mass is 9.97. The van der Waals surface area contributed by atoms with Gasteiger partial charge in [0.2, 0.25) is 0 Å². The van der Waals surface area contributed by atoms with Gasteiger partial charge >= 0.3 is 0 Å². The fourth-order valence-electron chi connectivity index (χ4n) is 4.82. The molecule has 0 aliphatic carbocycles. The van der Waals surface area contributed by atoms with Crippen LogP contribution >= 0.6 is 0 Å². The van der Waals surface area contributed by atoms with Gasteiger partial charge in [-0.25, -0.2) is 0 Å². The van der Waals surface area contributed by atoms with Crippen molar-refractivity contribution in [2.75, 3.05) is 6.54 Å². The second-order valence-electron chi connectivity index (χ2n) is 9.86. The summed E-state index contributed by atoms with van der Waals surface area (Å²) in [5.41, 5.74) is 10.5. The molecule has 6 nitrogen and oxygen atoms in total. The summed E-state index contributed by atoms with van der Waals surface area (Å²) in [6.07, 6.45) is -2.66.